The third kappa shape index (κ3) is 2.69. The molecule has 4 aromatic carbocycles. The molecule has 0 fully saturated rings. The van der Waals surface area contributed by atoms with E-state index in [0.717, 1.165) is 33.8 Å². The minimum atomic E-state index is -1.53. The highest BCUT2D eigenvalue weighted by molar-refractivity contribution is 6.58. The van der Waals surface area contributed by atoms with Crippen LogP contribution in [0.15, 0.2) is 103 Å². The lowest BCUT2D eigenvalue weighted by Crippen LogP contribution is -2.37. The molecule has 0 amide bonds. The van der Waals surface area contributed by atoms with E-state index in [-0.39, 0.29) is 0 Å². The van der Waals surface area contributed by atoms with Gasteiger partial charge in [0.15, 0.2) is 0 Å². The Bertz CT molecular complexity index is 1130. The summed E-state index contributed by atoms with van der Waals surface area (Å²) in [4.78, 5) is 0. The zero-order valence-electron chi connectivity index (χ0n) is 15.7. The molecule has 29 heavy (non-hydrogen) atoms. The normalized spacial score (nSPS) is 13.7. The highest BCUT2D eigenvalue weighted by Gasteiger charge is 2.45. The van der Waals surface area contributed by atoms with Gasteiger partial charge >= 0.3 is 7.12 Å². The molecule has 4 aromatic rings. The van der Waals surface area contributed by atoms with Gasteiger partial charge in [0.05, 0.1) is 5.41 Å². The number of benzene rings is 4. The van der Waals surface area contributed by atoms with Crippen molar-refractivity contribution in [1.82, 2.24) is 0 Å². The Morgan fingerprint density at radius 1 is 0.586 bits per heavy atom. The monoisotopic (exact) mass is 378 g/mol. The molecular weight excluding hydrogens is 359 g/mol. The highest BCUT2D eigenvalue weighted by Crippen LogP contribution is 2.54. The van der Waals surface area contributed by atoms with Gasteiger partial charge in [0.25, 0.3) is 0 Å². The summed E-state index contributed by atoms with van der Waals surface area (Å²) in [5, 5.41) is 19.6. The number of fused-ring (bicyclic) bond motifs is 2. The van der Waals surface area contributed by atoms with Gasteiger partial charge in [0.2, 0.25) is 0 Å². The van der Waals surface area contributed by atoms with E-state index >= 15 is 0 Å². The Morgan fingerprint density at radius 2 is 1.14 bits per heavy atom. The van der Waals surface area contributed by atoms with Crippen molar-refractivity contribution in [3.63, 3.8) is 0 Å². The molecule has 1 aliphatic rings. The average molecular weight is 378 g/mol. The Kier molecular flexibility index (Phi) is 4.24. The second-order valence-electron chi connectivity index (χ2n) is 7.21. The molecule has 0 unspecified atom stereocenters. The minimum absolute atomic E-state index is 0.458. The van der Waals surface area contributed by atoms with Gasteiger partial charge in [-0.3, -0.25) is 0 Å². The topological polar surface area (TPSA) is 49.7 Å². The molecule has 1 heterocycles. The smallest absolute Gasteiger partial charge is 0.457 e. The molecule has 0 saturated carbocycles. The second-order valence-corrected chi connectivity index (χ2v) is 7.21. The molecule has 5 rings (SSSR count). The third-order valence-electron chi connectivity index (χ3n) is 5.63. The molecule has 3 nitrogen and oxygen atoms in total. The van der Waals surface area contributed by atoms with Gasteiger partial charge in [-0.2, -0.15) is 0 Å². The first-order valence-electron chi connectivity index (χ1n) is 9.60. The van der Waals surface area contributed by atoms with Crippen LogP contribution >= 0.6 is 0 Å². The SMILES string of the molecule is OB(O)c1cccc(C2(c3ccccc3)c3ccccc3Oc3ccccc32)c1. The third-order valence-corrected chi connectivity index (χ3v) is 5.63. The molecule has 0 bridgehead atoms. The maximum absolute atomic E-state index is 9.82. The van der Waals surface area contributed by atoms with Gasteiger partial charge in [-0.1, -0.05) is 91.0 Å². The van der Waals surface area contributed by atoms with Crippen LogP contribution in [0.5, 0.6) is 11.5 Å². The van der Waals surface area contributed by atoms with Crippen LogP contribution in [0.3, 0.4) is 0 Å². The lowest BCUT2D eigenvalue weighted by molar-refractivity contribution is 0.425. The number of ether oxygens (including phenoxy) is 1. The summed E-state index contributed by atoms with van der Waals surface area (Å²) in [6.07, 6.45) is 0. The fraction of sp³-hybridized carbons (Fsp3) is 0.0400. The summed E-state index contributed by atoms with van der Waals surface area (Å²) in [6.45, 7) is 0. The van der Waals surface area contributed by atoms with Crippen LogP contribution in [0, 0.1) is 0 Å². The first kappa shape index (κ1) is 17.7. The maximum Gasteiger partial charge on any atom is 0.488 e. The second kappa shape index (κ2) is 6.92. The van der Waals surface area contributed by atoms with Gasteiger partial charge in [0.1, 0.15) is 11.5 Å². The Balaban J connectivity index is 1.94. The van der Waals surface area contributed by atoms with Crippen molar-refractivity contribution >= 4 is 12.6 Å². The highest BCUT2D eigenvalue weighted by atomic mass is 16.5. The molecule has 0 aliphatic carbocycles. The summed E-state index contributed by atoms with van der Waals surface area (Å²) >= 11 is 0. The van der Waals surface area contributed by atoms with Gasteiger partial charge in [-0.15, -0.1) is 0 Å². The summed E-state index contributed by atoms with van der Waals surface area (Å²) in [7, 11) is -1.53. The predicted octanol–water partition coefficient (Wildman–Crippen LogP) is 3.85. The van der Waals surface area contributed by atoms with Crippen LogP contribution in [-0.4, -0.2) is 17.2 Å². The van der Waals surface area contributed by atoms with Crippen LogP contribution in [0.25, 0.3) is 0 Å². The molecule has 0 saturated heterocycles. The molecule has 4 heteroatoms. The lowest BCUT2D eigenvalue weighted by Gasteiger charge is -2.41. The predicted molar refractivity (Wildman–Crippen MR) is 115 cm³/mol. The average Bonchev–Trinajstić information content (AvgIpc) is 2.78. The van der Waals surface area contributed by atoms with Crippen molar-refractivity contribution in [1.29, 1.82) is 0 Å². The minimum Gasteiger partial charge on any atom is -0.457 e. The van der Waals surface area contributed by atoms with Crippen LogP contribution in [-0.2, 0) is 5.41 Å². The molecule has 0 radical (unpaired) electrons. The number of rotatable bonds is 3. The molecule has 0 aromatic heterocycles. The van der Waals surface area contributed by atoms with Crippen LogP contribution in [0.4, 0.5) is 0 Å². The quantitative estimate of drug-likeness (QED) is 0.469. The van der Waals surface area contributed by atoms with E-state index in [1.54, 1.807) is 6.07 Å². The van der Waals surface area contributed by atoms with Crippen LogP contribution in [0.2, 0.25) is 0 Å². The fourth-order valence-electron chi connectivity index (χ4n) is 4.40. The molecule has 0 atom stereocenters. The van der Waals surface area contributed by atoms with E-state index in [1.165, 1.54) is 0 Å². The number of hydrogen-bond acceptors (Lipinski definition) is 3. The van der Waals surface area contributed by atoms with Crippen molar-refractivity contribution in [2.75, 3.05) is 0 Å². The molecule has 2 N–H and O–H groups in total. The van der Waals surface area contributed by atoms with Gasteiger partial charge in [-0.25, -0.2) is 0 Å². The summed E-state index contributed by atoms with van der Waals surface area (Å²) < 4.78 is 6.25. The Morgan fingerprint density at radius 3 is 1.76 bits per heavy atom. The van der Waals surface area contributed by atoms with Crippen molar-refractivity contribution in [2.24, 2.45) is 0 Å². The summed E-state index contributed by atoms with van der Waals surface area (Å²) in [5.41, 5.74) is 3.91. The molecular formula is C25H19BO3. The largest absolute Gasteiger partial charge is 0.488 e. The molecule has 0 spiro atoms. The van der Waals surface area contributed by atoms with E-state index in [4.69, 9.17) is 4.74 Å². The summed E-state index contributed by atoms with van der Waals surface area (Å²) in [6, 6.07) is 33.9. The van der Waals surface area contributed by atoms with Crippen LogP contribution in [0.1, 0.15) is 22.3 Å². The number of hydrogen-bond donors (Lipinski definition) is 2. The fourth-order valence-corrected chi connectivity index (χ4v) is 4.40. The lowest BCUT2D eigenvalue weighted by atomic mass is 9.62. The standard InChI is InChI=1S/C25H19BO3/c27-26(28)20-12-8-11-19(17-20)25(18-9-2-1-3-10-18)21-13-4-6-15-23(21)29-24-16-7-5-14-22(24)25/h1-17,27-28H. The van der Waals surface area contributed by atoms with Crippen molar-refractivity contribution in [3.05, 3.63) is 125 Å². The van der Waals surface area contributed by atoms with E-state index in [0.29, 0.717) is 5.46 Å². The Labute approximate surface area is 170 Å². The summed E-state index contributed by atoms with van der Waals surface area (Å²) in [5.74, 6) is 1.59. The van der Waals surface area contributed by atoms with Gasteiger partial charge in [0, 0.05) is 11.1 Å². The van der Waals surface area contributed by atoms with Crippen molar-refractivity contribution < 1.29 is 14.8 Å². The van der Waals surface area contributed by atoms with E-state index in [9.17, 15) is 10.0 Å². The molecule has 140 valence electrons. The maximum atomic E-state index is 9.82. The molecule has 1 aliphatic heterocycles. The number of para-hydroxylation sites is 2. The van der Waals surface area contributed by atoms with E-state index in [2.05, 4.69) is 24.3 Å². The van der Waals surface area contributed by atoms with Crippen molar-refractivity contribution in [2.45, 2.75) is 5.41 Å². The van der Waals surface area contributed by atoms with Crippen LogP contribution < -0.4 is 10.2 Å². The van der Waals surface area contributed by atoms with E-state index < -0.39 is 12.5 Å². The van der Waals surface area contributed by atoms with Crippen molar-refractivity contribution in [3.8, 4) is 11.5 Å². The zero-order chi connectivity index (χ0) is 19.8. The zero-order valence-corrected chi connectivity index (χ0v) is 15.7. The Hall–Kier alpha value is -3.34. The first-order valence-corrected chi connectivity index (χ1v) is 9.60. The first-order chi connectivity index (χ1) is 14.2. The van der Waals surface area contributed by atoms with E-state index in [1.807, 2.05) is 72.8 Å². The van der Waals surface area contributed by atoms with Gasteiger partial charge in [-0.05, 0) is 28.7 Å². The van der Waals surface area contributed by atoms with Gasteiger partial charge < -0.3 is 14.8 Å².